The van der Waals surface area contributed by atoms with Crippen molar-refractivity contribution >= 4 is 5.78 Å². The number of hydrogen-bond acceptors (Lipinski definition) is 2. The van der Waals surface area contributed by atoms with Crippen LogP contribution in [0.4, 0.5) is 0 Å². The molecule has 68 valence electrons. The van der Waals surface area contributed by atoms with E-state index in [9.17, 15) is 4.79 Å². The van der Waals surface area contributed by atoms with Crippen LogP contribution in [0.25, 0.3) is 0 Å². The van der Waals surface area contributed by atoms with E-state index in [2.05, 4.69) is 19.2 Å². The molecule has 0 bridgehead atoms. The second-order valence-corrected chi connectivity index (χ2v) is 3.59. The number of nitrogens with one attached hydrogen (secondary N) is 1. The van der Waals surface area contributed by atoms with E-state index in [0.29, 0.717) is 12.5 Å². The van der Waals surface area contributed by atoms with E-state index in [-0.39, 0.29) is 5.78 Å². The highest BCUT2D eigenvalue weighted by Crippen LogP contribution is 2.12. The SMILES string of the molecule is CC(C)NC1=CCCCCC1=O. The van der Waals surface area contributed by atoms with Crippen LogP contribution in [-0.2, 0) is 4.79 Å². The van der Waals surface area contributed by atoms with E-state index in [4.69, 9.17) is 0 Å². The molecule has 0 atom stereocenters. The number of Topliss-reactive ketones (excluding diaryl/α,β-unsaturated/α-hetero) is 1. The Morgan fingerprint density at radius 2 is 2.17 bits per heavy atom. The topological polar surface area (TPSA) is 29.1 Å². The first-order valence-corrected chi connectivity index (χ1v) is 4.70. The third-order valence-corrected chi connectivity index (χ3v) is 1.95. The molecule has 0 saturated carbocycles. The maximum Gasteiger partial charge on any atom is 0.178 e. The quantitative estimate of drug-likeness (QED) is 0.681. The molecule has 0 aromatic rings. The van der Waals surface area contributed by atoms with Gasteiger partial charge in [0.25, 0.3) is 0 Å². The van der Waals surface area contributed by atoms with Crippen molar-refractivity contribution in [2.75, 3.05) is 0 Å². The molecule has 1 aliphatic rings. The lowest BCUT2D eigenvalue weighted by molar-refractivity contribution is -0.116. The van der Waals surface area contributed by atoms with E-state index in [1.807, 2.05) is 6.08 Å². The molecule has 12 heavy (non-hydrogen) atoms. The lowest BCUT2D eigenvalue weighted by atomic mass is 10.2. The summed E-state index contributed by atoms with van der Waals surface area (Å²) in [5.41, 5.74) is 0.836. The van der Waals surface area contributed by atoms with Gasteiger partial charge in [-0.25, -0.2) is 0 Å². The summed E-state index contributed by atoms with van der Waals surface area (Å²) >= 11 is 0. The number of carbonyl (C=O) groups excluding carboxylic acids is 1. The van der Waals surface area contributed by atoms with Gasteiger partial charge in [-0.3, -0.25) is 4.79 Å². The Kier molecular flexibility index (Phi) is 3.32. The second kappa shape index (κ2) is 4.29. The van der Waals surface area contributed by atoms with Gasteiger partial charge in [0.15, 0.2) is 5.78 Å². The van der Waals surface area contributed by atoms with E-state index in [1.165, 1.54) is 0 Å². The molecular weight excluding hydrogens is 150 g/mol. The van der Waals surface area contributed by atoms with Crippen LogP contribution in [-0.4, -0.2) is 11.8 Å². The molecule has 0 radical (unpaired) electrons. The van der Waals surface area contributed by atoms with Gasteiger partial charge in [0.05, 0.1) is 5.70 Å². The van der Waals surface area contributed by atoms with Crippen molar-refractivity contribution < 1.29 is 4.79 Å². The molecule has 2 heteroatoms. The molecule has 0 aliphatic heterocycles. The molecule has 1 N–H and O–H groups in total. The maximum atomic E-state index is 11.4. The average Bonchev–Trinajstić information content (AvgIpc) is 2.16. The Morgan fingerprint density at radius 1 is 1.42 bits per heavy atom. The first-order chi connectivity index (χ1) is 5.70. The van der Waals surface area contributed by atoms with Gasteiger partial charge in [-0.2, -0.15) is 0 Å². The second-order valence-electron chi connectivity index (χ2n) is 3.59. The molecule has 0 amide bonds. The van der Waals surface area contributed by atoms with Crippen LogP contribution in [0.2, 0.25) is 0 Å². The van der Waals surface area contributed by atoms with Crippen LogP contribution in [0.5, 0.6) is 0 Å². The summed E-state index contributed by atoms with van der Waals surface area (Å²) in [5.74, 6) is 0.279. The minimum atomic E-state index is 0.279. The molecular formula is C10H17NO. The predicted molar refractivity (Wildman–Crippen MR) is 49.8 cm³/mol. The molecule has 0 saturated heterocycles. The van der Waals surface area contributed by atoms with Crippen molar-refractivity contribution in [2.24, 2.45) is 0 Å². The molecule has 0 heterocycles. The highest BCUT2D eigenvalue weighted by atomic mass is 16.1. The fraction of sp³-hybridized carbons (Fsp3) is 0.700. The Balaban J connectivity index is 2.57. The predicted octanol–water partition coefficient (Wildman–Crippen LogP) is 2.01. The van der Waals surface area contributed by atoms with Crippen molar-refractivity contribution in [1.29, 1.82) is 0 Å². The molecule has 1 rings (SSSR count). The summed E-state index contributed by atoms with van der Waals surface area (Å²) in [6, 6.07) is 0.360. The number of hydrogen-bond donors (Lipinski definition) is 1. The fourth-order valence-electron chi connectivity index (χ4n) is 1.38. The third-order valence-electron chi connectivity index (χ3n) is 1.95. The van der Waals surface area contributed by atoms with Crippen molar-refractivity contribution in [1.82, 2.24) is 5.32 Å². The van der Waals surface area contributed by atoms with Gasteiger partial charge in [0.2, 0.25) is 0 Å². The van der Waals surface area contributed by atoms with Gasteiger partial charge in [0.1, 0.15) is 0 Å². The zero-order chi connectivity index (χ0) is 8.97. The fourth-order valence-corrected chi connectivity index (χ4v) is 1.38. The number of allylic oxidation sites excluding steroid dienone is 2. The van der Waals surface area contributed by atoms with Crippen molar-refractivity contribution in [2.45, 2.75) is 45.6 Å². The van der Waals surface area contributed by atoms with Crippen LogP contribution >= 0.6 is 0 Å². The first-order valence-electron chi connectivity index (χ1n) is 4.70. The van der Waals surface area contributed by atoms with Gasteiger partial charge < -0.3 is 5.32 Å². The van der Waals surface area contributed by atoms with Gasteiger partial charge in [-0.05, 0) is 33.1 Å². The third kappa shape index (κ3) is 2.68. The smallest absolute Gasteiger partial charge is 0.178 e. The van der Waals surface area contributed by atoms with Crippen LogP contribution in [0.15, 0.2) is 11.8 Å². The minimum Gasteiger partial charge on any atom is -0.380 e. The molecule has 1 aliphatic carbocycles. The van der Waals surface area contributed by atoms with Gasteiger partial charge in [0, 0.05) is 12.5 Å². The monoisotopic (exact) mass is 167 g/mol. The van der Waals surface area contributed by atoms with Crippen LogP contribution in [0.3, 0.4) is 0 Å². The molecule has 0 aromatic heterocycles. The van der Waals surface area contributed by atoms with E-state index in [0.717, 1.165) is 25.0 Å². The van der Waals surface area contributed by atoms with E-state index in [1.54, 1.807) is 0 Å². The molecule has 2 nitrogen and oxygen atoms in total. The Labute approximate surface area is 74.0 Å². The van der Waals surface area contributed by atoms with Crippen LogP contribution in [0, 0.1) is 0 Å². The molecule has 0 spiro atoms. The summed E-state index contributed by atoms with van der Waals surface area (Å²) in [4.78, 5) is 11.4. The van der Waals surface area contributed by atoms with Crippen molar-refractivity contribution in [3.63, 3.8) is 0 Å². The summed E-state index contributed by atoms with van der Waals surface area (Å²) in [6.45, 7) is 4.11. The number of rotatable bonds is 2. The van der Waals surface area contributed by atoms with E-state index < -0.39 is 0 Å². The average molecular weight is 167 g/mol. The van der Waals surface area contributed by atoms with Gasteiger partial charge in [-0.1, -0.05) is 6.08 Å². The first kappa shape index (κ1) is 9.30. The Bertz CT molecular complexity index is 194. The summed E-state index contributed by atoms with van der Waals surface area (Å²) in [7, 11) is 0. The van der Waals surface area contributed by atoms with Crippen molar-refractivity contribution in [3.8, 4) is 0 Å². The standard InChI is InChI=1S/C10H17NO/c1-8(2)11-9-6-4-3-5-7-10(9)12/h6,8,11H,3-5,7H2,1-2H3. The van der Waals surface area contributed by atoms with E-state index >= 15 is 0 Å². The molecule has 0 unspecified atom stereocenters. The summed E-state index contributed by atoms with van der Waals surface area (Å²) < 4.78 is 0. The lowest BCUT2D eigenvalue weighted by Gasteiger charge is -2.11. The van der Waals surface area contributed by atoms with Crippen LogP contribution in [0.1, 0.15) is 39.5 Å². The summed E-state index contributed by atoms with van der Waals surface area (Å²) in [6.07, 6.45) is 5.98. The normalized spacial score (nSPS) is 18.9. The largest absolute Gasteiger partial charge is 0.380 e. The molecule has 0 fully saturated rings. The molecule has 0 aromatic carbocycles. The number of carbonyl (C=O) groups is 1. The lowest BCUT2D eigenvalue weighted by Crippen LogP contribution is -2.26. The maximum absolute atomic E-state index is 11.4. The van der Waals surface area contributed by atoms with Crippen molar-refractivity contribution in [3.05, 3.63) is 11.8 Å². The van der Waals surface area contributed by atoms with Gasteiger partial charge in [-0.15, -0.1) is 0 Å². The minimum absolute atomic E-state index is 0.279. The highest BCUT2D eigenvalue weighted by Gasteiger charge is 2.12. The Morgan fingerprint density at radius 3 is 2.83 bits per heavy atom. The summed E-state index contributed by atoms with van der Waals surface area (Å²) in [5, 5.41) is 3.18. The Hall–Kier alpha value is -0.790. The van der Waals surface area contributed by atoms with Crippen LogP contribution < -0.4 is 5.32 Å². The zero-order valence-corrected chi connectivity index (χ0v) is 7.89. The van der Waals surface area contributed by atoms with Gasteiger partial charge >= 0.3 is 0 Å². The number of ketones is 1. The highest BCUT2D eigenvalue weighted by molar-refractivity contribution is 5.94. The zero-order valence-electron chi connectivity index (χ0n) is 7.89.